The molecule has 1 amide bonds. The molecule has 72 valence electrons. The molecule has 0 aromatic carbocycles. The number of aromatic nitrogens is 1. The summed E-state index contributed by atoms with van der Waals surface area (Å²) in [7, 11) is 3.51. The Bertz CT molecular complexity index is 295. The lowest BCUT2D eigenvalue weighted by molar-refractivity contribution is -0.128. The zero-order valence-corrected chi connectivity index (χ0v) is 8.60. The van der Waals surface area contributed by atoms with Crippen molar-refractivity contribution in [1.82, 2.24) is 9.88 Å². The van der Waals surface area contributed by atoms with Crippen molar-refractivity contribution in [3.05, 3.63) is 11.1 Å². The third-order valence-electron chi connectivity index (χ3n) is 1.66. The summed E-state index contributed by atoms with van der Waals surface area (Å²) in [6, 6.07) is 0. The standard InChI is InChI=1S/C8H13N3OS/c1-11(2)7(12)4-3-6-5-10-8(9)13-6/h5H,3-4H2,1-2H3,(H2,9,10). The Morgan fingerprint density at radius 3 is 2.85 bits per heavy atom. The molecule has 0 spiro atoms. The van der Waals surface area contributed by atoms with Crippen LogP contribution in [0.2, 0.25) is 0 Å². The molecular formula is C8H13N3OS. The number of aryl methyl sites for hydroxylation is 1. The summed E-state index contributed by atoms with van der Waals surface area (Å²) in [6.07, 6.45) is 2.98. The number of amides is 1. The summed E-state index contributed by atoms with van der Waals surface area (Å²) in [6.45, 7) is 0. The van der Waals surface area contributed by atoms with Gasteiger partial charge in [-0.15, -0.1) is 11.3 Å². The molecule has 2 N–H and O–H groups in total. The molecule has 0 aliphatic carbocycles. The van der Waals surface area contributed by atoms with Gasteiger partial charge in [0, 0.05) is 31.6 Å². The van der Waals surface area contributed by atoms with Gasteiger partial charge in [-0.25, -0.2) is 4.98 Å². The summed E-state index contributed by atoms with van der Waals surface area (Å²) in [4.78, 5) is 17.8. The molecule has 0 fully saturated rings. The predicted molar refractivity (Wildman–Crippen MR) is 53.5 cm³/mol. The quantitative estimate of drug-likeness (QED) is 0.781. The van der Waals surface area contributed by atoms with Crippen molar-refractivity contribution in [3.8, 4) is 0 Å². The number of rotatable bonds is 3. The van der Waals surface area contributed by atoms with Crippen LogP contribution in [0.25, 0.3) is 0 Å². The molecule has 13 heavy (non-hydrogen) atoms. The van der Waals surface area contributed by atoms with E-state index < -0.39 is 0 Å². The number of carbonyl (C=O) groups is 1. The van der Waals surface area contributed by atoms with Gasteiger partial charge in [0.15, 0.2) is 5.13 Å². The Balaban J connectivity index is 2.39. The average molecular weight is 199 g/mol. The molecule has 1 aromatic heterocycles. The number of nitrogen functional groups attached to an aromatic ring is 1. The van der Waals surface area contributed by atoms with Crippen molar-refractivity contribution >= 4 is 22.4 Å². The van der Waals surface area contributed by atoms with E-state index in [4.69, 9.17) is 5.73 Å². The normalized spacial score (nSPS) is 10.0. The Kier molecular flexibility index (Phi) is 3.25. The first-order valence-corrected chi connectivity index (χ1v) is 4.81. The molecule has 0 aliphatic rings. The molecule has 1 aromatic rings. The first-order chi connectivity index (χ1) is 6.09. The number of hydrogen-bond donors (Lipinski definition) is 1. The summed E-state index contributed by atoms with van der Waals surface area (Å²) in [5.74, 6) is 0.131. The van der Waals surface area contributed by atoms with E-state index >= 15 is 0 Å². The molecule has 5 heteroatoms. The van der Waals surface area contributed by atoms with Gasteiger partial charge in [-0.1, -0.05) is 0 Å². The number of hydrogen-bond acceptors (Lipinski definition) is 4. The minimum atomic E-state index is 0.131. The Hall–Kier alpha value is -1.10. The van der Waals surface area contributed by atoms with Gasteiger partial charge in [-0.05, 0) is 6.42 Å². The lowest BCUT2D eigenvalue weighted by Crippen LogP contribution is -2.21. The smallest absolute Gasteiger partial charge is 0.222 e. The van der Waals surface area contributed by atoms with Crippen molar-refractivity contribution in [2.24, 2.45) is 0 Å². The second-order valence-electron chi connectivity index (χ2n) is 2.95. The minimum absolute atomic E-state index is 0.131. The van der Waals surface area contributed by atoms with Crippen molar-refractivity contribution < 1.29 is 4.79 Å². The van der Waals surface area contributed by atoms with Gasteiger partial charge in [-0.3, -0.25) is 4.79 Å². The highest BCUT2D eigenvalue weighted by atomic mass is 32.1. The lowest BCUT2D eigenvalue weighted by atomic mass is 10.2. The molecule has 0 radical (unpaired) electrons. The molecule has 0 aliphatic heterocycles. The molecule has 0 atom stereocenters. The summed E-state index contributed by atoms with van der Waals surface area (Å²) < 4.78 is 0. The lowest BCUT2D eigenvalue weighted by Gasteiger charge is -2.08. The fourth-order valence-corrected chi connectivity index (χ4v) is 1.58. The van der Waals surface area contributed by atoms with E-state index in [9.17, 15) is 4.79 Å². The maximum Gasteiger partial charge on any atom is 0.222 e. The molecule has 4 nitrogen and oxygen atoms in total. The zero-order chi connectivity index (χ0) is 9.84. The van der Waals surface area contributed by atoms with Crippen LogP contribution in [0.15, 0.2) is 6.20 Å². The number of nitrogens with zero attached hydrogens (tertiary/aromatic N) is 2. The topological polar surface area (TPSA) is 59.2 Å². The minimum Gasteiger partial charge on any atom is -0.375 e. The zero-order valence-electron chi connectivity index (χ0n) is 7.78. The fourth-order valence-electron chi connectivity index (χ4n) is 0.892. The molecule has 0 unspecified atom stereocenters. The second-order valence-corrected chi connectivity index (χ2v) is 4.10. The van der Waals surface area contributed by atoms with Crippen molar-refractivity contribution in [1.29, 1.82) is 0 Å². The maximum absolute atomic E-state index is 11.2. The summed E-state index contributed by atoms with van der Waals surface area (Å²) >= 11 is 1.44. The van der Waals surface area contributed by atoms with Gasteiger partial charge in [-0.2, -0.15) is 0 Å². The van der Waals surface area contributed by atoms with Crippen molar-refractivity contribution in [2.75, 3.05) is 19.8 Å². The fraction of sp³-hybridized carbons (Fsp3) is 0.500. The van der Waals surface area contributed by atoms with Gasteiger partial charge in [0.2, 0.25) is 5.91 Å². The molecule has 0 bridgehead atoms. The SMILES string of the molecule is CN(C)C(=O)CCc1cnc(N)s1. The number of carbonyl (C=O) groups excluding carboxylic acids is 1. The van der Waals surface area contributed by atoms with E-state index in [1.807, 2.05) is 0 Å². The van der Waals surface area contributed by atoms with Crippen LogP contribution in [-0.2, 0) is 11.2 Å². The van der Waals surface area contributed by atoms with Crippen LogP contribution < -0.4 is 5.73 Å². The monoisotopic (exact) mass is 199 g/mol. The van der Waals surface area contributed by atoms with E-state index in [-0.39, 0.29) is 5.91 Å². The predicted octanol–water partition coefficient (Wildman–Crippen LogP) is 0.746. The second kappa shape index (κ2) is 4.23. The first kappa shape index (κ1) is 9.98. The van der Waals surface area contributed by atoms with Gasteiger partial charge in [0.1, 0.15) is 0 Å². The molecule has 1 heterocycles. The largest absolute Gasteiger partial charge is 0.375 e. The number of nitrogens with two attached hydrogens (primary N) is 1. The summed E-state index contributed by atoms with van der Waals surface area (Å²) in [5.41, 5.74) is 5.46. The van der Waals surface area contributed by atoms with Crippen LogP contribution >= 0.6 is 11.3 Å². The molecular weight excluding hydrogens is 186 g/mol. The molecule has 0 saturated heterocycles. The van der Waals surface area contributed by atoms with Crippen LogP contribution in [0.4, 0.5) is 5.13 Å². The first-order valence-electron chi connectivity index (χ1n) is 4.00. The molecule has 1 rings (SSSR count). The van der Waals surface area contributed by atoms with Crippen molar-refractivity contribution in [2.45, 2.75) is 12.8 Å². The van der Waals surface area contributed by atoms with Gasteiger partial charge >= 0.3 is 0 Å². The third kappa shape index (κ3) is 3.02. The van der Waals surface area contributed by atoms with Gasteiger partial charge in [0.25, 0.3) is 0 Å². The Morgan fingerprint density at radius 2 is 2.38 bits per heavy atom. The third-order valence-corrected chi connectivity index (χ3v) is 2.54. The van der Waals surface area contributed by atoms with E-state index in [1.165, 1.54) is 11.3 Å². The van der Waals surface area contributed by atoms with E-state index in [1.54, 1.807) is 25.2 Å². The van der Waals surface area contributed by atoms with Crippen LogP contribution in [0.3, 0.4) is 0 Å². The van der Waals surface area contributed by atoms with Crippen LogP contribution in [0, 0.1) is 0 Å². The molecule has 0 saturated carbocycles. The maximum atomic E-state index is 11.2. The van der Waals surface area contributed by atoms with Crippen LogP contribution in [-0.4, -0.2) is 29.9 Å². The van der Waals surface area contributed by atoms with Crippen LogP contribution in [0.5, 0.6) is 0 Å². The summed E-state index contributed by atoms with van der Waals surface area (Å²) in [5, 5.41) is 0.562. The van der Waals surface area contributed by atoms with E-state index in [0.29, 0.717) is 11.6 Å². The highest BCUT2D eigenvalue weighted by Gasteiger charge is 2.05. The number of thiazole rings is 1. The number of anilines is 1. The van der Waals surface area contributed by atoms with Crippen molar-refractivity contribution in [3.63, 3.8) is 0 Å². The average Bonchev–Trinajstić information content (AvgIpc) is 2.47. The van der Waals surface area contributed by atoms with Gasteiger partial charge < -0.3 is 10.6 Å². The van der Waals surface area contributed by atoms with Gasteiger partial charge in [0.05, 0.1) is 0 Å². The highest BCUT2D eigenvalue weighted by molar-refractivity contribution is 7.15. The van der Waals surface area contributed by atoms with Crippen LogP contribution in [0.1, 0.15) is 11.3 Å². The Morgan fingerprint density at radius 1 is 1.69 bits per heavy atom. The highest BCUT2D eigenvalue weighted by Crippen LogP contribution is 2.16. The van der Waals surface area contributed by atoms with E-state index in [2.05, 4.69) is 4.98 Å². The van der Waals surface area contributed by atoms with E-state index in [0.717, 1.165) is 11.3 Å². The Labute approximate surface area is 81.4 Å².